The van der Waals surface area contributed by atoms with Crippen LogP contribution in [0.3, 0.4) is 0 Å². The van der Waals surface area contributed by atoms with E-state index >= 15 is 0 Å². The Balaban J connectivity index is 1.93. The maximum atomic E-state index is 10.2. The molecule has 1 aliphatic heterocycles. The van der Waals surface area contributed by atoms with Gasteiger partial charge in [0.15, 0.2) is 11.5 Å². The number of aromatic hydroxyl groups is 2. The van der Waals surface area contributed by atoms with Crippen LogP contribution in [0.2, 0.25) is 0 Å². The summed E-state index contributed by atoms with van der Waals surface area (Å²) in [6.07, 6.45) is 1.91. The first kappa shape index (κ1) is 12.7. The number of benzene rings is 2. The molecular weight excluding hydrogens is 262 g/mol. The van der Waals surface area contributed by atoms with Crippen LogP contribution in [0.4, 0.5) is 0 Å². The largest absolute Gasteiger partial charge is 0.504 e. The number of hydrogen-bond acceptors (Lipinski definition) is 3. The van der Waals surface area contributed by atoms with Gasteiger partial charge in [-0.3, -0.25) is 0 Å². The molecule has 21 heavy (non-hydrogen) atoms. The quantitative estimate of drug-likeness (QED) is 0.705. The second-order valence-electron chi connectivity index (χ2n) is 6.08. The fraction of sp³-hybridized carbons (Fsp3) is 0.333. The van der Waals surface area contributed by atoms with E-state index in [1.165, 1.54) is 16.7 Å². The third-order valence-corrected chi connectivity index (χ3v) is 4.92. The van der Waals surface area contributed by atoms with Crippen LogP contribution in [-0.2, 0) is 6.42 Å². The van der Waals surface area contributed by atoms with E-state index in [1.54, 1.807) is 6.07 Å². The molecule has 0 saturated carbocycles. The second-order valence-corrected chi connectivity index (χ2v) is 6.08. The zero-order valence-corrected chi connectivity index (χ0v) is 11.8. The number of rotatable bonds is 1. The number of phenols is 2. The predicted molar refractivity (Wildman–Crippen MR) is 82.0 cm³/mol. The summed E-state index contributed by atoms with van der Waals surface area (Å²) in [7, 11) is 0. The van der Waals surface area contributed by atoms with Gasteiger partial charge in [0.1, 0.15) is 0 Å². The molecule has 0 spiro atoms. The Morgan fingerprint density at radius 1 is 1.05 bits per heavy atom. The van der Waals surface area contributed by atoms with Crippen LogP contribution in [0.25, 0.3) is 0 Å². The Labute approximate surface area is 124 Å². The van der Waals surface area contributed by atoms with Crippen molar-refractivity contribution in [1.82, 2.24) is 5.32 Å². The van der Waals surface area contributed by atoms with Gasteiger partial charge < -0.3 is 15.5 Å². The molecule has 2 aromatic rings. The molecule has 4 rings (SSSR count). The smallest absolute Gasteiger partial charge is 0.160 e. The first-order valence-corrected chi connectivity index (χ1v) is 7.59. The maximum Gasteiger partial charge on any atom is 0.160 e. The standard InChI is InChI=1S/C18H19NO2/c20-16-8-14-15(11-4-2-1-3-5-11)10-19-9-12-6-7-13(17(12)14)18(16)21/h1-5,8,12,15,19-21H,6-7,9-10H2/t12-,15+/m1/s1. The molecular formula is C18H19NO2. The highest BCUT2D eigenvalue weighted by molar-refractivity contribution is 5.59. The molecule has 108 valence electrons. The van der Waals surface area contributed by atoms with E-state index in [0.29, 0.717) is 5.92 Å². The van der Waals surface area contributed by atoms with Crippen molar-refractivity contribution in [3.8, 4) is 11.5 Å². The molecule has 0 fully saturated rings. The van der Waals surface area contributed by atoms with Crippen molar-refractivity contribution in [2.45, 2.75) is 24.7 Å². The molecule has 1 aliphatic carbocycles. The predicted octanol–water partition coefficient (Wildman–Crippen LogP) is 2.86. The summed E-state index contributed by atoms with van der Waals surface area (Å²) >= 11 is 0. The zero-order chi connectivity index (χ0) is 14.4. The second kappa shape index (κ2) is 4.78. The normalized spacial score (nSPS) is 23.6. The minimum Gasteiger partial charge on any atom is -0.504 e. The van der Waals surface area contributed by atoms with E-state index in [2.05, 4.69) is 29.6 Å². The van der Waals surface area contributed by atoms with Gasteiger partial charge in [-0.15, -0.1) is 0 Å². The molecule has 0 bridgehead atoms. The van der Waals surface area contributed by atoms with Crippen LogP contribution in [0, 0.1) is 0 Å². The summed E-state index contributed by atoms with van der Waals surface area (Å²) in [5.41, 5.74) is 4.66. The van der Waals surface area contributed by atoms with Gasteiger partial charge in [0.2, 0.25) is 0 Å². The highest BCUT2D eigenvalue weighted by Gasteiger charge is 2.34. The average Bonchev–Trinajstić information content (AvgIpc) is 2.85. The van der Waals surface area contributed by atoms with Crippen LogP contribution in [-0.4, -0.2) is 23.3 Å². The minimum absolute atomic E-state index is 0.0206. The molecule has 0 saturated heterocycles. The molecule has 0 amide bonds. The van der Waals surface area contributed by atoms with Gasteiger partial charge >= 0.3 is 0 Å². The van der Waals surface area contributed by atoms with Gasteiger partial charge in [0, 0.05) is 24.6 Å². The summed E-state index contributed by atoms with van der Waals surface area (Å²) in [6, 6.07) is 12.2. The molecule has 1 heterocycles. The first-order valence-electron chi connectivity index (χ1n) is 7.59. The molecule has 0 radical (unpaired) electrons. The highest BCUT2D eigenvalue weighted by Crippen LogP contribution is 2.48. The van der Waals surface area contributed by atoms with Gasteiger partial charge in [-0.2, -0.15) is 0 Å². The lowest BCUT2D eigenvalue weighted by Crippen LogP contribution is -2.22. The molecule has 2 aromatic carbocycles. The molecule has 0 aromatic heterocycles. The van der Waals surface area contributed by atoms with E-state index in [4.69, 9.17) is 0 Å². The van der Waals surface area contributed by atoms with Crippen molar-refractivity contribution in [3.05, 3.63) is 58.7 Å². The Kier molecular flexibility index (Phi) is 2.89. The molecule has 0 unspecified atom stereocenters. The first-order chi connectivity index (χ1) is 10.3. The van der Waals surface area contributed by atoms with Crippen molar-refractivity contribution >= 4 is 0 Å². The maximum absolute atomic E-state index is 10.2. The fourth-order valence-corrected chi connectivity index (χ4v) is 3.93. The van der Waals surface area contributed by atoms with Crippen molar-refractivity contribution in [3.63, 3.8) is 0 Å². The molecule has 3 heteroatoms. The summed E-state index contributed by atoms with van der Waals surface area (Å²) in [5, 5.41) is 23.8. The van der Waals surface area contributed by atoms with Crippen LogP contribution in [0.1, 0.15) is 40.5 Å². The van der Waals surface area contributed by atoms with Gasteiger partial charge in [-0.05, 0) is 41.5 Å². The average molecular weight is 281 g/mol. The van der Waals surface area contributed by atoms with E-state index in [9.17, 15) is 10.2 Å². The van der Waals surface area contributed by atoms with Crippen LogP contribution in [0.5, 0.6) is 11.5 Å². The SMILES string of the molecule is Oc1cc2c3c(c1O)CC[C@@H]3CNC[C@H]2c1ccccc1. The molecule has 2 atom stereocenters. The van der Waals surface area contributed by atoms with E-state index < -0.39 is 0 Å². The Morgan fingerprint density at radius 2 is 1.86 bits per heavy atom. The summed E-state index contributed by atoms with van der Waals surface area (Å²) in [6.45, 7) is 1.82. The number of nitrogens with one attached hydrogen (secondary N) is 1. The van der Waals surface area contributed by atoms with Crippen LogP contribution in [0.15, 0.2) is 36.4 Å². The molecule has 2 aliphatic rings. The minimum atomic E-state index is 0.0206. The Bertz CT molecular complexity index is 681. The topological polar surface area (TPSA) is 52.5 Å². The summed E-state index contributed by atoms with van der Waals surface area (Å²) < 4.78 is 0. The van der Waals surface area contributed by atoms with E-state index in [-0.39, 0.29) is 17.4 Å². The Morgan fingerprint density at radius 3 is 2.67 bits per heavy atom. The van der Waals surface area contributed by atoms with E-state index in [1.807, 2.05) is 6.07 Å². The van der Waals surface area contributed by atoms with Gasteiger partial charge in [0.25, 0.3) is 0 Å². The lowest BCUT2D eigenvalue weighted by molar-refractivity contribution is 0.399. The lowest BCUT2D eigenvalue weighted by Gasteiger charge is -2.20. The van der Waals surface area contributed by atoms with Crippen molar-refractivity contribution in [1.29, 1.82) is 0 Å². The summed E-state index contributed by atoms with van der Waals surface area (Å²) in [4.78, 5) is 0. The summed E-state index contributed by atoms with van der Waals surface area (Å²) in [5.74, 6) is 0.793. The Hall–Kier alpha value is -2.00. The third kappa shape index (κ3) is 1.92. The van der Waals surface area contributed by atoms with Gasteiger partial charge in [0.05, 0.1) is 0 Å². The highest BCUT2D eigenvalue weighted by atomic mass is 16.3. The lowest BCUT2D eigenvalue weighted by atomic mass is 9.85. The number of hydrogen-bond donors (Lipinski definition) is 3. The zero-order valence-electron chi connectivity index (χ0n) is 11.8. The van der Waals surface area contributed by atoms with Gasteiger partial charge in [-0.25, -0.2) is 0 Å². The fourth-order valence-electron chi connectivity index (χ4n) is 3.93. The van der Waals surface area contributed by atoms with E-state index in [0.717, 1.165) is 31.5 Å². The van der Waals surface area contributed by atoms with Gasteiger partial charge in [-0.1, -0.05) is 30.3 Å². The molecule has 3 nitrogen and oxygen atoms in total. The monoisotopic (exact) mass is 281 g/mol. The molecule has 3 N–H and O–H groups in total. The van der Waals surface area contributed by atoms with Crippen molar-refractivity contribution in [2.24, 2.45) is 0 Å². The number of phenolic OH excluding ortho intramolecular Hbond substituents is 2. The van der Waals surface area contributed by atoms with Crippen LogP contribution >= 0.6 is 0 Å². The van der Waals surface area contributed by atoms with Crippen molar-refractivity contribution < 1.29 is 10.2 Å². The van der Waals surface area contributed by atoms with Crippen molar-refractivity contribution in [2.75, 3.05) is 13.1 Å². The third-order valence-electron chi connectivity index (χ3n) is 4.92. The van der Waals surface area contributed by atoms with Crippen LogP contribution < -0.4 is 5.32 Å².